The Labute approximate surface area is 171 Å². The number of halogens is 3. The van der Waals surface area contributed by atoms with Crippen molar-refractivity contribution < 1.29 is 27.1 Å². The van der Waals surface area contributed by atoms with Gasteiger partial charge in [-0.15, -0.1) is 0 Å². The Kier molecular flexibility index (Phi) is 6.25. The molecule has 0 aliphatic rings. The van der Waals surface area contributed by atoms with Crippen LogP contribution in [-0.2, 0) is 11.0 Å². The van der Waals surface area contributed by atoms with Crippen LogP contribution in [0.1, 0.15) is 22.5 Å². The van der Waals surface area contributed by atoms with E-state index in [1.807, 2.05) is 32.0 Å². The first kappa shape index (κ1) is 21.2. The largest absolute Gasteiger partial charge is 0.483 e. The molecule has 0 bridgehead atoms. The number of alkyl halides is 3. The van der Waals surface area contributed by atoms with Crippen LogP contribution in [0.3, 0.4) is 0 Å². The van der Waals surface area contributed by atoms with E-state index in [0.29, 0.717) is 5.75 Å². The fourth-order valence-electron chi connectivity index (χ4n) is 2.79. The van der Waals surface area contributed by atoms with E-state index in [1.54, 1.807) is 6.07 Å². The molecule has 30 heavy (non-hydrogen) atoms. The number of nitrogens with one attached hydrogen (secondary N) is 1. The fraction of sp³-hybridized carbons (Fsp3) is 0.182. The van der Waals surface area contributed by atoms with Crippen molar-refractivity contribution in [3.8, 4) is 17.1 Å². The van der Waals surface area contributed by atoms with Gasteiger partial charge in [-0.1, -0.05) is 30.3 Å². The average molecular weight is 416 g/mol. The van der Waals surface area contributed by atoms with E-state index in [-0.39, 0.29) is 23.7 Å². The van der Waals surface area contributed by atoms with Crippen LogP contribution in [0.2, 0.25) is 0 Å². The highest BCUT2D eigenvalue weighted by Crippen LogP contribution is 2.32. The third kappa shape index (κ3) is 5.28. The number of furan rings is 1. The lowest BCUT2D eigenvalue weighted by Crippen LogP contribution is -2.24. The van der Waals surface area contributed by atoms with Gasteiger partial charge in [0.15, 0.2) is 6.61 Å². The van der Waals surface area contributed by atoms with Gasteiger partial charge < -0.3 is 9.15 Å². The summed E-state index contributed by atoms with van der Waals surface area (Å²) in [7, 11) is 0. The van der Waals surface area contributed by atoms with Crippen molar-refractivity contribution >= 4 is 12.1 Å². The number of hydrogen-bond acceptors (Lipinski definition) is 4. The summed E-state index contributed by atoms with van der Waals surface area (Å²) in [4.78, 5) is 11.9. The molecule has 1 amide bonds. The number of carbonyl (C=O) groups is 1. The predicted octanol–water partition coefficient (Wildman–Crippen LogP) is 5.11. The van der Waals surface area contributed by atoms with Gasteiger partial charge >= 0.3 is 6.18 Å². The molecule has 1 aromatic heterocycles. The summed E-state index contributed by atoms with van der Waals surface area (Å²) in [5.74, 6) is 0.720. The van der Waals surface area contributed by atoms with Gasteiger partial charge in [0.1, 0.15) is 17.3 Å². The van der Waals surface area contributed by atoms with Gasteiger partial charge in [0.25, 0.3) is 5.91 Å². The lowest BCUT2D eigenvalue weighted by Gasteiger charge is -2.10. The quantitative estimate of drug-likeness (QED) is 0.449. The second kappa shape index (κ2) is 8.86. The highest BCUT2D eigenvalue weighted by atomic mass is 19.4. The molecule has 0 saturated carbocycles. The van der Waals surface area contributed by atoms with Gasteiger partial charge in [-0.2, -0.15) is 18.3 Å². The maximum absolute atomic E-state index is 12.8. The molecular formula is C22H19F3N2O3. The van der Waals surface area contributed by atoms with E-state index in [9.17, 15) is 18.0 Å². The molecule has 1 N–H and O–H groups in total. The standard InChI is InChI=1S/C22H19F3N2O3/c1-14-5-3-6-15(2)21(14)29-13-20(28)27-26-12-18-9-10-19(30-18)16-7-4-8-17(11-16)22(23,24)25/h3-12H,13H2,1-2H3,(H,27,28)/b26-12-. The molecule has 0 unspecified atom stereocenters. The van der Waals surface area contributed by atoms with Crippen LogP contribution in [0.5, 0.6) is 5.75 Å². The Morgan fingerprint density at radius 2 is 1.80 bits per heavy atom. The van der Waals surface area contributed by atoms with Crippen molar-refractivity contribution in [1.82, 2.24) is 5.43 Å². The summed E-state index contributed by atoms with van der Waals surface area (Å²) >= 11 is 0. The maximum atomic E-state index is 12.8. The molecule has 156 valence electrons. The van der Waals surface area contributed by atoms with E-state index >= 15 is 0 Å². The Morgan fingerprint density at radius 3 is 2.50 bits per heavy atom. The Bertz CT molecular complexity index is 1050. The molecule has 3 rings (SSSR count). The fourth-order valence-corrected chi connectivity index (χ4v) is 2.79. The molecule has 8 heteroatoms. The van der Waals surface area contributed by atoms with Gasteiger partial charge in [0.2, 0.25) is 0 Å². The molecule has 0 radical (unpaired) electrons. The lowest BCUT2D eigenvalue weighted by molar-refractivity contribution is -0.137. The summed E-state index contributed by atoms with van der Waals surface area (Å²) in [6.07, 6.45) is -3.18. The van der Waals surface area contributed by atoms with Gasteiger partial charge in [-0.3, -0.25) is 4.79 Å². The van der Waals surface area contributed by atoms with Crippen LogP contribution >= 0.6 is 0 Å². The van der Waals surface area contributed by atoms with Gasteiger partial charge in [-0.25, -0.2) is 5.43 Å². The summed E-state index contributed by atoms with van der Waals surface area (Å²) in [6.45, 7) is 3.56. The topological polar surface area (TPSA) is 63.8 Å². The molecular weight excluding hydrogens is 397 g/mol. The van der Waals surface area contributed by atoms with Crippen molar-refractivity contribution in [3.63, 3.8) is 0 Å². The number of amides is 1. The minimum Gasteiger partial charge on any atom is -0.483 e. The van der Waals surface area contributed by atoms with Crippen LogP contribution < -0.4 is 10.2 Å². The van der Waals surface area contributed by atoms with E-state index < -0.39 is 17.6 Å². The smallest absolute Gasteiger partial charge is 0.416 e. The minimum atomic E-state index is -4.43. The molecule has 0 atom stereocenters. The molecule has 2 aromatic carbocycles. The van der Waals surface area contributed by atoms with Gasteiger partial charge in [-0.05, 0) is 49.2 Å². The molecule has 3 aromatic rings. The zero-order chi connectivity index (χ0) is 21.7. The highest BCUT2D eigenvalue weighted by molar-refractivity contribution is 5.81. The predicted molar refractivity (Wildman–Crippen MR) is 106 cm³/mol. The first-order chi connectivity index (χ1) is 14.2. The molecule has 0 spiro atoms. The summed E-state index contributed by atoms with van der Waals surface area (Å²) < 4.78 is 49.5. The number of aryl methyl sites for hydroxylation is 2. The minimum absolute atomic E-state index is 0.212. The second-order valence-electron chi connectivity index (χ2n) is 6.58. The molecule has 0 aliphatic carbocycles. The number of rotatable bonds is 6. The molecule has 0 aliphatic heterocycles. The zero-order valence-electron chi connectivity index (χ0n) is 16.3. The van der Waals surface area contributed by atoms with Crippen molar-refractivity contribution in [1.29, 1.82) is 0 Å². The van der Waals surface area contributed by atoms with Crippen LogP contribution in [0.4, 0.5) is 13.2 Å². The van der Waals surface area contributed by atoms with Crippen molar-refractivity contribution in [3.05, 3.63) is 77.0 Å². The summed E-state index contributed by atoms with van der Waals surface area (Å²) in [5.41, 5.74) is 3.68. The van der Waals surface area contributed by atoms with Crippen molar-refractivity contribution in [2.45, 2.75) is 20.0 Å². The van der Waals surface area contributed by atoms with Crippen LogP contribution in [-0.4, -0.2) is 18.7 Å². The van der Waals surface area contributed by atoms with E-state index in [1.165, 1.54) is 24.4 Å². The maximum Gasteiger partial charge on any atom is 0.416 e. The van der Waals surface area contributed by atoms with Crippen LogP contribution in [0, 0.1) is 13.8 Å². The molecule has 0 saturated heterocycles. The number of hydrazone groups is 1. The zero-order valence-corrected chi connectivity index (χ0v) is 16.3. The number of ether oxygens (including phenoxy) is 1. The summed E-state index contributed by atoms with van der Waals surface area (Å²) in [6, 6.07) is 13.6. The summed E-state index contributed by atoms with van der Waals surface area (Å²) in [5, 5.41) is 3.78. The second-order valence-corrected chi connectivity index (χ2v) is 6.58. The van der Waals surface area contributed by atoms with E-state index in [4.69, 9.17) is 9.15 Å². The van der Waals surface area contributed by atoms with E-state index in [2.05, 4.69) is 10.5 Å². The first-order valence-corrected chi connectivity index (χ1v) is 9.02. The first-order valence-electron chi connectivity index (χ1n) is 9.02. The Morgan fingerprint density at radius 1 is 1.10 bits per heavy atom. The van der Waals surface area contributed by atoms with Crippen LogP contribution in [0.25, 0.3) is 11.3 Å². The molecule has 5 nitrogen and oxygen atoms in total. The van der Waals surface area contributed by atoms with E-state index in [0.717, 1.165) is 23.3 Å². The third-order valence-corrected chi connectivity index (χ3v) is 4.24. The normalized spacial score (nSPS) is 11.6. The lowest BCUT2D eigenvalue weighted by atomic mass is 10.1. The average Bonchev–Trinajstić information content (AvgIpc) is 3.16. The Hall–Kier alpha value is -3.55. The third-order valence-electron chi connectivity index (χ3n) is 4.24. The number of para-hydroxylation sites is 1. The van der Waals surface area contributed by atoms with Crippen molar-refractivity contribution in [2.75, 3.05) is 6.61 Å². The molecule has 1 heterocycles. The van der Waals surface area contributed by atoms with Gasteiger partial charge in [0.05, 0.1) is 11.8 Å². The monoisotopic (exact) mass is 416 g/mol. The van der Waals surface area contributed by atoms with Crippen molar-refractivity contribution in [2.24, 2.45) is 5.10 Å². The van der Waals surface area contributed by atoms with Gasteiger partial charge in [0, 0.05) is 5.56 Å². The number of nitrogens with zero attached hydrogens (tertiary/aromatic N) is 1. The SMILES string of the molecule is Cc1cccc(C)c1OCC(=O)N/N=C\c1ccc(-c2cccc(C(F)(F)F)c2)o1. The van der Waals surface area contributed by atoms with Crippen LogP contribution in [0.15, 0.2) is 64.1 Å². The molecule has 0 fully saturated rings. The number of benzene rings is 2. The number of hydrogen-bond donors (Lipinski definition) is 1. The highest BCUT2D eigenvalue weighted by Gasteiger charge is 2.30. The number of carbonyl (C=O) groups excluding carboxylic acids is 1. The Balaban J connectivity index is 1.58.